The lowest BCUT2D eigenvalue weighted by atomic mass is 10.3. The Balaban J connectivity index is 1.31. The van der Waals surface area contributed by atoms with Crippen molar-refractivity contribution in [3.8, 4) is 23.3 Å². The Morgan fingerprint density at radius 3 is 2.45 bits per heavy atom. The topological polar surface area (TPSA) is 85.5 Å². The maximum absolute atomic E-state index is 12.1. The lowest BCUT2D eigenvalue weighted by Gasteiger charge is -2.08. The molecule has 29 heavy (non-hydrogen) atoms. The predicted octanol–water partition coefficient (Wildman–Crippen LogP) is 4.38. The van der Waals surface area contributed by atoms with Gasteiger partial charge in [-0.15, -0.1) is 0 Å². The van der Waals surface area contributed by atoms with Gasteiger partial charge in [0, 0.05) is 11.8 Å². The molecule has 0 spiro atoms. The number of aromatic nitrogens is 2. The third kappa shape index (κ3) is 4.65. The van der Waals surface area contributed by atoms with E-state index in [2.05, 4.69) is 15.3 Å². The summed E-state index contributed by atoms with van der Waals surface area (Å²) in [5.41, 5.74) is 2.15. The zero-order chi connectivity index (χ0) is 20.1. The smallest absolute Gasteiger partial charge is 0.295 e. The van der Waals surface area contributed by atoms with Crippen LogP contribution in [0.5, 0.6) is 23.3 Å². The fourth-order valence-corrected chi connectivity index (χ4v) is 2.72. The predicted molar refractivity (Wildman–Crippen MR) is 110 cm³/mol. The molecule has 7 nitrogen and oxygen atoms in total. The van der Waals surface area contributed by atoms with Crippen molar-refractivity contribution in [2.75, 3.05) is 19.0 Å². The first kappa shape index (κ1) is 18.4. The van der Waals surface area contributed by atoms with Crippen molar-refractivity contribution in [2.45, 2.75) is 0 Å². The summed E-state index contributed by atoms with van der Waals surface area (Å²) in [5, 5.41) is 2.77. The van der Waals surface area contributed by atoms with E-state index in [1.54, 1.807) is 31.4 Å². The van der Waals surface area contributed by atoms with Crippen LogP contribution < -0.4 is 19.5 Å². The SMILES string of the molecule is COc1ccc2nc(OCC(=O)Nc3ccc(Oc4ccccc4)cc3)[nH]c2c1. The number of nitrogens with one attached hydrogen (secondary N) is 2. The summed E-state index contributed by atoms with van der Waals surface area (Å²) in [5.74, 6) is 1.86. The number of fused-ring (bicyclic) bond motifs is 1. The number of amides is 1. The second kappa shape index (κ2) is 8.35. The Kier molecular flexibility index (Phi) is 5.29. The minimum absolute atomic E-state index is 0.167. The molecule has 0 radical (unpaired) electrons. The fraction of sp³-hybridized carbons (Fsp3) is 0.0909. The first-order valence-electron chi connectivity index (χ1n) is 8.99. The van der Waals surface area contributed by atoms with Crippen LogP contribution in [0.15, 0.2) is 72.8 Å². The van der Waals surface area contributed by atoms with Crippen LogP contribution in [0.1, 0.15) is 0 Å². The molecule has 0 aliphatic heterocycles. The van der Waals surface area contributed by atoms with Gasteiger partial charge in [0.15, 0.2) is 6.61 Å². The molecule has 0 bridgehead atoms. The summed E-state index contributed by atoms with van der Waals surface area (Å²) in [6.07, 6.45) is 0. The van der Waals surface area contributed by atoms with Crippen LogP contribution in [0.3, 0.4) is 0 Å². The highest BCUT2D eigenvalue weighted by Crippen LogP contribution is 2.23. The van der Waals surface area contributed by atoms with Crippen molar-refractivity contribution in [2.24, 2.45) is 0 Å². The normalized spacial score (nSPS) is 10.5. The molecule has 1 heterocycles. The van der Waals surface area contributed by atoms with Gasteiger partial charge in [-0.25, -0.2) is 0 Å². The number of benzene rings is 3. The Morgan fingerprint density at radius 2 is 1.69 bits per heavy atom. The van der Waals surface area contributed by atoms with Crippen LogP contribution in [0.4, 0.5) is 5.69 Å². The largest absolute Gasteiger partial charge is 0.497 e. The molecule has 0 aliphatic rings. The molecule has 1 aromatic heterocycles. The van der Waals surface area contributed by atoms with E-state index >= 15 is 0 Å². The molecule has 2 N–H and O–H groups in total. The van der Waals surface area contributed by atoms with Crippen molar-refractivity contribution in [3.05, 3.63) is 72.8 Å². The van der Waals surface area contributed by atoms with Crippen molar-refractivity contribution in [1.82, 2.24) is 9.97 Å². The lowest BCUT2D eigenvalue weighted by molar-refractivity contribution is -0.118. The summed E-state index contributed by atoms with van der Waals surface area (Å²) in [6, 6.07) is 22.3. The number of carbonyl (C=O) groups excluding carboxylic acids is 1. The summed E-state index contributed by atoms with van der Waals surface area (Å²) >= 11 is 0. The van der Waals surface area contributed by atoms with Crippen LogP contribution >= 0.6 is 0 Å². The Labute approximate surface area is 167 Å². The van der Waals surface area contributed by atoms with Crippen LogP contribution in [0.25, 0.3) is 11.0 Å². The number of nitrogens with zero attached hydrogens (tertiary/aromatic N) is 1. The minimum atomic E-state index is -0.292. The van der Waals surface area contributed by atoms with Crippen molar-refractivity contribution in [3.63, 3.8) is 0 Å². The van der Waals surface area contributed by atoms with Gasteiger partial charge in [-0.2, -0.15) is 4.98 Å². The van der Waals surface area contributed by atoms with E-state index in [1.165, 1.54) is 0 Å². The average Bonchev–Trinajstić information content (AvgIpc) is 3.16. The molecule has 0 aliphatic carbocycles. The van der Waals surface area contributed by atoms with E-state index in [4.69, 9.17) is 14.2 Å². The summed E-state index contributed by atoms with van der Waals surface area (Å²) in [7, 11) is 1.60. The minimum Gasteiger partial charge on any atom is -0.497 e. The first-order chi connectivity index (χ1) is 14.2. The van der Waals surface area contributed by atoms with Crippen LogP contribution in [0, 0.1) is 0 Å². The summed E-state index contributed by atoms with van der Waals surface area (Å²) < 4.78 is 16.4. The van der Waals surface area contributed by atoms with Gasteiger partial charge in [-0.05, 0) is 48.5 Å². The molecule has 4 rings (SSSR count). The van der Waals surface area contributed by atoms with Gasteiger partial charge >= 0.3 is 0 Å². The summed E-state index contributed by atoms with van der Waals surface area (Å²) in [4.78, 5) is 19.4. The van der Waals surface area contributed by atoms with E-state index in [1.807, 2.05) is 48.5 Å². The number of ether oxygens (including phenoxy) is 3. The molecule has 0 atom stereocenters. The van der Waals surface area contributed by atoms with Gasteiger partial charge in [-0.3, -0.25) is 4.79 Å². The van der Waals surface area contributed by atoms with Crippen molar-refractivity contribution in [1.29, 1.82) is 0 Å². The van der Waals surface area contributed by atoms with Crippen LogP contribution in [0.2, 0.25) is 0 Å². The highest BCUT2D eigenvalue weighted by molar-refractivity contribution is 5.92. The average molecular weight is 389 g/mol. The van der Waals surface area contributed by atoms with Gasteiger partial charge in [0.25, 0.3) is 11.9 Å². The zero-order valence-corrected chi connectivity index (χ0v) is 15.7. The van der Waals surface area contributed by atoms with Crippen LogP contribution in [-0.4, -0.2) is 29.6 Å². The molecule has 1 amide bonds. The number of imidazole rings is 1. The second-order valence-corrected chi connectivity index (χ2v) is 6.20. The van der Waals surface area contributed by atoms with Gasteiger partial charge < -0.3 is 24.5 Å². The van der Waals surface area contributed by atoms with Gasteiger partial charge in [0.1, 0.15) is 17.2 Å². The van der Waals surface area contributed by atoms with Crippen molar-refractivity contribution >= 4 is 22.6 Å². The molecular formula is C22H19N3O4. The first-order valence-corrected chi connectivity index (χ1v) is 8.99. The zero-order valence-electron chi connectivity index (χ0n) is 15.7. The lowest BCUT2D eigenvalue weighted by Crippen LogP contribution is -2.20. The van der Waals surface area contributed by atoms with Gasteiger partial charge in [0.05, 0.1) is 18.1 Å². The Hall–Kier alpha value is -4.00. The van der Waals surface area contributed by atoms with E-state index in [0.29, 0.717) is 17.2 Å². The number of para-hydroxylation sites is 1. The highest BCUT2D eigenvalue weighted by Gasteiger charge is 2.08. The van der Waals surface area contributed by atoms with Gasteiger partial charge in [0.2, 0.25) is 0 Å². The number of methoxy groups -OCH3 is 1. The maximum atomic E-state index is 12.1. The third-order valence-electron chi connectivity index (χ3n) is 4.12. The molecule has 0 fully saturated rings. The number of H-pyrrole nitrogens is 1. The number of carbonyl (C=O) groups is 1. The monoisotopic (exact) mass is 389 g/mol. The number of hydrogen-bond acceptors (Lipinski definition) is 5. The highest BCUT2D eigenvalue weighted by atomic mass is 16.5. The molecule has 4 aromatic rings. The number of aromatic amines is 1. The molecule has 0 unspecified atom stereocenters. The molecule has 146 valence electrons. The van der Waals surface area contributed by atoms with E-state index in [-0.39, 0.29) is 18.5 Å². The quantitative estimate of drug-likeness (QED) is 0.490. The second-order valence-electron chi connectivity index (χ2n) is 6.20. The number of anilines is 1. The molecule has 0 saturated carbocycles. The van der Waals surface area contributed by atoms with E-state index in [0.717, 1.165) is 16.8 Å². The molecule has 0 saturated heterocycles. The number of rotatable bonds is 7. The standard InChI is InChI=1S/C22H19N3O4/c1-27-18-11-12-19-20(13-18)25-22(24-19)28-14-21(26)23-15-7-9-17(10-8-15)29-16-5-3-2-4-6-16/h2-13H,14H2,1H3,(H,23,26)(H,24,25). The Morgan fingerprint density at radius 1 is 0.966 bits per heavy atom. The Bertz CT molecular complexity index is 1110. The van der Waals surface area contributed by atoms with Crippen LogP contribution in [-0.2, 0) is 4.79 Å². The summed E-state index contributed by atoms with van der Waals surface area (Å²) in [6.45, 7) is -0.167. The van der Waals surface area contributed by atoms with E-state index < -0.39 is 0 Å². The van der Waals surface area contributed by atoms with Crippen molar-refractivity contribution < 1.29 is 19.0 Å². The van der Waals surface area contributed by atoms with E-state index in [9.17, 15) is 4.79 Å². The molecule has 7 heteroatoms. The third-order valence-corrected chi connectivity index (χ3v) is 4.12. The molecular weight excluding hydrogens is 370 g/mol. The molecule has 3 aromatic carbocycles. The maximum Gasteiger partial charge on any atom is 0.295 e. The van der Waals surface area contributed by atoms with Gasteiger partial charge in [-0.1, -0.05) is 18.2 Å². The number of hydrogen-bond donors (Lipinski definition) is 2. The fourth-order valence-electron chi connectivity index (χ4n) is 2.72.